The van der Waals surface area contributed by atoms with Gasteiger partial charge in [0.05, 0.1) is 0 Å². The van der Waals surface area contributed by atoms with Crippen molar-refractivity contribution in [2.24, 2.45) is 0 Å². The Labute approximate surface area is 93.2 Å². The van der Waals surface area contributed by atoms with Gasteiger partial charge in [0.1, 0.15) is 0 Å². The summed E-state index contributed by atoms with van der Waals surface area (Å²) in [4.78, 5) is 10.5. The lowest BCUT2D eigenvalue weighted by Crippen LogP contribution is -1.94. The first-order valence-corrected chi connectivity index (χ1v) is 5.24. The third kappa shape index (κ3) is 2.21. The van der Waals surface area contributed by atoms with E-state index in [1.165, 1.54) is 5.56 Å². The van der Waals surface area contributed by atoms with Crippen LogP contribution in [0.5, 0.6) is 0 Å². The maximum absolute atomic E-state index is 10.5. The van der Waals surface area contributed by atoms with E-state index in [1.807, 2.05) is 18.2 Å². The normalized spacial score (nSPS) is 13.5. The summed E-state index contributed by atoms with van der Waals surface area (Å²) in [5.74, 6) is -0.752. The van der Waals surface area contributed by atoms with E-state index >= 15 is 0 Å². The molecular formula is C12H11ClO2. The van der Waals surface area contributed by atoms with Gasteiger partial charge < -0.3 is 5.11 Å². The summed E-state index contributed by atoms with van der Waals surface area (Å²) >= 11 is 5.88. The van der Waals surface area contributed by atoms with E-state index in [0.717, 1.165) is 22.6 Å². The number of halogens is 1. The fourth-order valence-corrected chi connectivity index (χ4v) is 2.06. The standard InChI is InChI=1S/C12H11ClO2/c13-10-4-5-11-8(3-6-12(14)15)1-2-9(11)7-10/h1,4-5,7H,2-3,6H2,(H,14,15). The number of aliphatic carboxylic acids is 1. The van der Waals surface area contributed by atoms with Crippen molar-refractivity contribution >= 4 is 23.1 Å². The molecule has 0 amide bonds. The van der Waals surface area contributed by atoms with E-state index in [-0.39, 0.29) is 6.42 Å². The molecule has 0 aliphatic heterocycles. The van der Waals surface area contributed by atoms with Crippen LogP contribution in [0.15, 0.2) is 24.3 Å². The predicted octanol–water partition coefficient (Wildman–Crippen LogP) is 3.14. The molecule has 2 nitrogen and oxygen atoms in total. The largest absolute Gasteiger partial charge is 0.481 e. The minimum Gasteiger partial charge on any atom is -0.481 e. The Balaban J connectivity index is 2.16. The van der Waals surface area contributed by atoms with Crippen LogP contribution >= 0.6 is 11.6 Å². The first kappa shape index (κ1) is 10.2. The molecule has 0 aromatic heterocycles. The lowest BCUT2D eigenvalue weighted by molar-refractivity contribution is -0.136. The molecule has 0 atom stereocenters. The summed E-state index contributed by atoms with van der Waals surface area (Å²) in [5, 5.41) is 9.36. The van der Waals surface area contributed by atoms with Gasteiger partial charge in [-0.25, -0.2) is 0 Å². The average molecular weight is 223 g/mol. The molecule has 0 saturated carbocycles. The molecule has 3 heteroatoms. The number of fused-ring (bicyclic) bond motifs is 1. The van der Waals surface area contributed by atoms with Gasteiger partial charge >= 0.3 is 5.97 Å². The van der Waals surface area contributed by atoms with Gasteiger partial charge in [-0.15, -0.1) is 0 Å². The first-order valence-electron chi connectivity index (χ1n) is 4.86. The highest BCUT2D eigenvalue weighted by atomic mass is 35.5. The number of benzene rings is 1. The van der Waals surface area contributed by atoms with Gasteiger partial charge in [-0.2, -0.15) is 0 Å². The van der Waals surface area contributed by atoms with Crippen molar-refractivity contribution in [3.05, 3.63) is 40.4 Å². The van der Waals surface area contributed by atoms with Crippen molar-refractivity contribution in [1.82, 2.24) is 0 Å². The Hall–Kier alpha value is -1.28. The van der Waals surface area contributed by atoms with Crippen molar-refractivity contribution in [3.8, 4) is 0 Å². The van der Waals surface area contributed by atoms with Crippen LogP contribution < -0.4 is 0 Å². The summed E-state index contributed by atoms with van der Waals surface area (Å²) < 4.78 is 0. The lowest BCUT2D eigenvalue weighted by atomic mass is 10.0. The van der Waals surface area contributed by atoms with Crippen LogP contribution in [-0.4, -0.2) is 11.1 Å². The summed E-state index contributed by atoms with van der Waals surface area (Å²) in [7, 11) is 0. The molecular weight excluding hydrogens is 212 g/mol. The van der Waals surface area contributed by atoms with Crippen LogP contribution in [0.4, 0.5) is 0 Å². The third-order valence-electron chi connectivity index (χ3n) is 2.59. The Kier molecular flexibility index (Phi) is 2.78. The molecule has 1 aromatic rings. The van der Waals surface area contributed by atoms with E-state index in [9.17, 15) is 4.79 Å². The van der Waals surface area contributed by atoms with Gasteiger partial charge in [-0.1, -0.05) is 23.7 Å². The zero-order chi connectivity index (χ0) is 10.8. The smallest absolute Gasteiger partial charge is 0.303 e. The molecule has 1 aliphatic rings. The summed E-state index contributed by atoms with van der Waals surface area (Å²) in [6, 6.07) is 5.76. The van der Waals surface area contributed by atoms with Crippen LogP contribution in [0, 0.1) is 0 Å². The highest BCUT2D eigenvalue weighted by molar-refractivity contribution is 6.30. The van der Waals surface area contributed by atoms with E-state index in [2.05, 4.69) is 6.08 Å². The lowest BCUT2D eigenvalue weighted by Gasteiger charge is -2.04. The van der Waals surface area contributed by atoms with Crippen LogP contribution in [0.3, 0.4) is 0 Å². The molecule has 0 fully saturated rings. The van der Waals surface area contributed by atoms with E-state index < -0.39 is 5.97 Å². The molecule has 0 saturated heterocycles. The number of carboxylic acids is 1. The molecule has 15 heavy (non-hydrogen) atoms. The highest BCUT2D eigenvalue weighted by Gasteiger charge is 2.14. The van der Waals surface area contributed by atoms with Gasteiger partial charge in [0.2, 0.25) is 0 Å². The van der Waals surface area contributed by atoms with Gasteiger partial charge in [-0.05, 0) is 41.7 Å². The van der Waals surface area contributed by atoms with Gasteiger partial charge in [0, 0.05) is 11.4 Å². The van der Waals surface area contributed by atoms with Crippen LogP contribution in [0.2, 0.25) is 5.02 Å². The Morgan fingerprint density at radius 3 is 3.00 bits per heavy atom. The predicted molar refractivity (Wildman–Crippen MR) is 60.0 cm³/mol. The second-order valence-corrected chi connectivity index (χ2v) is 4.07. The SMILES string of the molecule is O=C(O)CCC1=CCc2cc(Cl)ccc21. The number of allylic oxidation sites excluding steroid dienone is 2. The number of carboxylic acid groups (broad SMARTS) is 1. The Morgan fingerprint density at radius 2 is 2.27 bits per heavy atom. The number of carbonyl (C=O) groups is 1. The molecule has 0 bridgehead atoms. The molecule has 1 N–H and O–H groups in total. The molecule has 0 spiro atoms. The maximum atomic E-state index is 10.5. The van der Waals surface area contributed by atoms with Crippen molar-refractivity contribution < 1.29 is 9.90 Å². The minimum absolute atomic E-state index is 0.188. The van der Waals surface area contributed by atoms with Gasteiger partial charge in [0.25, 0.3) is 0 Å². The van der Waals surface area contributed by atoms with E-state index in [1.54, 1.807) is 0 Å². The van der Waals surface area contributed by atoms with E-state index in [0.29, 0.717) is 6.42 Å². The van der Waals surface area contributed by atoms with Crippen molar-refractivity contribution in [3.63, 3.8) is 0 Å². The molecule has 0 unspecified atom stereocenters. The second-order valence-electron chi connectivity index (χ2n) is 3.63. The summed E-state index contributed by atoms with van der Waals surface area (Å²) in [6.45, 7) is 0. The molecule has 1 aromatic carbocycles. The highest BCUT2D eigenvalue weighted by Crippen LogP contribution is 2.32. The molecule has 78 valence electrons. The molecule has 0 radical (unpaired) electrons. The Bertz CT molecular complexity index is 435. The number of hydrogen-bond donors (Lipinski definition) is 1. The maximum Gasteiger partial charge on any atom is 0.303 e. The number of hydrogen-bond acceptors (Lipinski definition) is 1. The second kappa shape index (κ2) is 4.07. The van der Waals surface area contributed by atoms with Crippen LogP contribution in [-0.2, 0) is 11.2 Å². The van der Waals surface area contributed by atoms with Gasteiger partial charge in [0.15, 0.2) is 0 Å². The van der Waals surface area contributed by atoms with Gasteiger partial charge in [-0.3, -0.25) is 4.79 Å². The van der Waals surface area contributed by atoms with E-state index in [4.69, 9.17) is 16.7 Å². The quantitative estimate of drug-likeness (QED) is 0.853. The fraction of sp³-hybridized carbons (Fsp3) is 0.250. The zero-order valence-electron chi connectivity index (χ0n) is 8.16. The first-order chi connectivity index (χ1) is 7.16. The topological polar surface area (TPSA) is 37.3 Å². The van der Waals surface area contributed by atoms with Crippen molar-refractivity contribution in [2.45, 2.75) is 19.3 Å². The van der Waals surface area contributed by atoms with Crippen LogP contribution in [0.1, 0.15) is 24.0 Å². The molecule has 2 rings (SSSR count). The molecule has 0 heterocycles. The monoisotopic (exact) mass is 222 g/mol. The number of rotatable bonds is 3. The van der Waals surface area contributed by atoms with Crippen molar-refractivity contribution in [2.75, 3.05) is 0 Å². The van der Waals surface area contributed by atoms with Crippen LogP contribution in [0.25, 0.3) is 5.57 Å². The summed E-state index contributed by atoms with van der Waals surface area (Å²) in [5.41, 5.74) is 3.48. The zero-order valence-corrected chi connectivity index (χ0v) is 8.92. The fourth-order valence-electron chi connectivity index (χ4n) is 1.87. The Morgan fingerprint density at radius 1 is 1.47 bits per heavy atom. The minimum atomic E-state index is -0.752. The third-order valence-corrected chi connectivity index (χ3v) is 2.82. The summed E-state index contributed by atoms with van der Waals surface area (Å²) in [6.07, 6.45) is 3.74. The van der Waals surface area contributed by atoms with Crippen molar-refractivity contribution in [1.29, 1.82) is 0 Å². The average Bonchev–Trinajstić information content (AvgIpc) is 2.57. The molecule has 1 aliphatic carbocycles.